The first-order valence-electron chi connectivity index (χ1n) is 8.02. The third-order valence-electron chi connectivity index (χ3n) is 5.28. The summed E-state index contributed by atoms with van der Waals surface area (Å²) in [6.07, 6.45) is 7.93. The minimum Gasteiger partial charge on any atom is -0.353 e. The van der Waals surface area contributed by atoms with Gasteiger partial charge in [0.25, 0.3) is 0 Å². The molecule has 116 valence electrons. The summed E-state index contributed by atoms with van der Waals surface area (Å²) in [6, 6.07) is 0.318. The minimum absolute atomic E-state index is 0.148. The highest BCUT2D eigenvalue weighted by molar-refractivity contribution is 9.10. The van der Waals surface area contributed by atoms with Gasteiger partial charge in [-0.2, -0.15) is 5.10 Å². The van der Waals surface area contributed by atoms with Crippen molar-refractivity contribution in [3.8, 4) is 0 Å². The molecule has 4 nitrogen and oxygen atoms in total. The number of aryl methyl sites for hydroxylation is 2. The highest BCUT2D eigenvalue weighted by Crippen LogP contribution is 2.49. The molecule has 21 heavy (non-hydrogen) atoms. The fourth-order valence-corrected chi connectivity index (χ4v) is 4.48. The van der Waals surface area contributed by atoms with E-state index in [1.807, 2.05) is 17.8 Å². The van der Waals surface area contributed by atoms with Gasteiger partial charge in [-0.15, -0.1) is 0 Å². The van der Waals surface area contributed by atoms with Gasteiger partial charge in [-0.1, -0.05) is 6.42 Å². The molecule has 3 rings (SSSR count). The van der Waals surface area contributed by atoms with Crippen LogP contribution in [-0.4, -0.2) is 21.7 Å². The van der Waals surface area contributed by atoms with E-state index in [4.69, 9.17) is 0 Å². The van der Waals surface area contributed by atoms with Crippen molar-refractivity contribution in [3.63, 3.8) is 0 Å². The Hall–Kier alpha value is -0.840. The van der Waals surface area contributed by atoms with E-state index in [0.29, 0.717) is 24.9 Å². The van der Waals surface area contributed by atoms with Gasteiger partial charge >= 0.3 is 0 Å². The van der Waals surface area contributed by atoms with Crippen LogP contribution in [0.1, 0.15) is 44.7 Å². The third kappa shape index (κ3) is 3.33. The second kappa shape index (κ2) is 6.11. The molecule has 1 aromatic heterocycles. The van der Waals surface area contributed by atoms with Gasteiger partial charge < -0.3 is 5.32 Å². The normalized spacial score (nSPS) is 28.8. The SMILES string of the molecule is Cc1nn(CCC(=O)N[C@@H](C)[C@H]2C[C@H]3CC[C@H]2C3)cc1Br. The molecule has 1 N–H and O–H groups in total. The van der Waals surface area contributed by atoms with Crippen LogP contribution in [0.5, 0.6) is 0 Å². The van der Waals surface area contributed by atoms with E-state index in [2.05, 4.69) is 33.3 Å². The number of halogens is 1. The Morgan fingerprint density at radius 3 is 2.90 bits per heavy atom. The summed E-state index contributed by atoms with van der Waals surface area (Å²) >= 11 is 3.44. The summed E-state index contributed by atoms with van der Waals surface area (Å²) in [4.78, 5) is 12.1. The lowest BCUT2D eigenvalue weighted by atomic mass is 9.84. The number of hydrogen-bond acceptors (Lipinski definition) is 2. The smallest absolute Gasteiger partial charge is 0.222 e. The number of carbonyl (C=O) groups excluding carboxylic acids is 1. The van der Waals surface area contributed by atoms with Crippen LogP contribution in [0.15, 0.2) is 10.7 Å². The topological polar surface area (TPSA) is 46.9 Å². The molecule has 2 saturated carbocycles. The Morgan fingerprint density at radius 2 is 2.33 bits per heavy atom. The van der Waals surface area contributed by atoms with Crippen LogP contribution in [-0.2, 0) is 11.3 Å². The first-order valence-corrected chi connectivity index (χ1v) is 8.81. The quantitative estimate of drug-likeness (QED) is 0.882. The van der Waals surface area contributed by atoms with Gasteiger partial charge in [-0.3, -0.25) is 9.48 Å². The summed E-state index contributed by atoms with van der Waals surface area (Å²) < 4.78 is 2.83. The fourth-order valence-electron chi connectivity index (χ4n) is 4.16. The molecule has 2 bridgehead atoms. The average Bonchev–Trinajstić information content (AvgIpc) is 3.13. The Labute approximate surface area is 134 Å². The van der Waals surface area contributed by atoms with E-state index in [9.17, 15) is 4.79 Å². The minimum atomic E-state index is 0.148. The highest BCUT2D eigenvalue weighted by Gasteiger charge is 2.42. The maximum atomic E-state index is 12.1. The number of hydrogen-bond donors (Lipinski definition) is 1. The largest absolute Gasteiger partial charge is 0.353 e. The molecule has 0 spiro atoms. The van der Waals surface area contributed by atoms with Crippen molar-refractivity contribution >= 4 is 21.8 Å². The second-order valence-electron chi connectivity index (χ2n) is 6.77. The van der Waals surface area contributed by atoms with Crippen molar-refractivity contribution in [1.82, 2.24) is 15.1 Å². The number of amides is 1. The van der Waals surface area contributed by atoms with E-state index < -0.39 is 0 Å². The van der Waals surface area contributed by atoms with Crippen molar-refractivity contribution in [2.24, 2.45) is 17.8 Å². The molecule has 0 unspecified atom stereocenters. The van der Waals surface area contributed by atoms with E-state index in [1.54, 1.807) is 0 Å². The molecule has 1 aromatic rings. The van der Waals surface area contributed by atoms with E-state index in [0.717, 1.165) is 22.0 Å². The van der Waals surface area contributed by atoms with Gasteiger partial charge in [0.15, 0.2) is 0 Å². The molecule has 4 atom stereocenters. The molecule has 0 aliphatic heterocycles. The predicted octanol–water partition coefficient (Wildman–Crippen LogP) is 3.29. The van der Waals surface area contributed by atoms with Crippen LogP contribution in [0.25, 0.3) is 0 Å². The summed E-state index contributed by atoms with van der Waals surface area (Å²) in [6.45, 7) is 4.78. The first-order chi connectivity index (χ1) is 10.0. The zero-order chi connectivity index (χ0) is 15.0. The molecular formula is C16H24BrN3O. The number of fused-ring (bicyclic) bond motifs is 2. The lowest BCUT2D eigenvalue weighted by Gasteiger charge is -2.28. The predicted molar refractivity (Wildman–Crippen MR) is 85.8 cm³/mol. The van der Waals surface area contributed by atoms with Crippen molar-refractivity contribution in [3.05, 3.63) is 16.4 Å². The Morgan fingerprint density at radius 1 is 1.52 bits per heavy atom. The van der Waals surface area contributed by atoms with Gasteiger partial charge in [-0.25, -0.2) is 0 Å². The molecule has 5 heteroatoms. The second-order valence-corrected chi connectivity index (χ2v) is 7.62. The summed E-state index contributed by atoms with van der Waals surface area (Å²) in [7, 11) is 0. The molecule has 2 aliphatic carbocycles. The van der Waals surface area contributed by atoms with Crippen LogP contribution in [0, 0.1) is 24.7 Å². The maximum absolute atomic E-state index is 12.1. The molecule has 2 aliphatic rings. The number of aromatic nitrogens is 2. The summed E-state index contributed by atoms with van der Waals surface area (Å²) in [5.74, 6) is 2.64. The average molecular weight is 354 g/mol. The van der Waals surface area contributed by atoms with Gasteiger partial charge in [0, 0.05) is 25.2 Å². The van der Waals surface area contributed by atoms with Crippen LogP contribution in [0.4, 0.5) is 0 Å². The van der Waals surface area contributed by atoms with Gasteiger partial charge in [0.1, 0.15) is 0 Å². The molecular weight excluding hydrogens is 330 g/mol. The standard InChI is InChI=1S/C16H24BrN3O/c1-10(14-8-12-3-4-13(14)7-12)18-16(21)5-6-20-9-15(17)11(2)19-20/h9-10,12-14H,3-8H2,1-2H3,(H,18,21)/t10-,12-,13-,14+/m0/s1. The zero-order valence-electron chi connectivity index (χ0n) is 12.8. The number of nitrogens with zero attached hydrogens (tertiary/aromatic N) is 2. The molecule has 2 fully saturated rings. The lowest BCUT2D eigenvalue weighted by molar-refractivity contribution is -0.122. The van der Waals surface area contributed by atoms with Crippen molar-refractivity contribution in [2.45, 2.75) is 58.5 Å². The fraction of sp³-hybridized carbons (Fsp3) is 0.750. The van der Waals surface area contributed by atoms with Crippen LogP contribution < -0.4 is 5.32 Å². The molecule has 0 aromatic carbocycles. The van der Waals surface area contributed by atoms with E-state index in [-0.39, 0.29) is 5.91 Å². The van der Waals surface area contributed by atoms with Gasteiger partial charge in [0.2, 0.25) is 5.91 Å². The Bertz CT molecular complexity index is 508. The maximum Gasteiger partial charge on any atom is 0.222 e. The van der Waals surface area contributed by atoms with Gasteiger partial charge in [-0.05, 0) is 66.8 Å². The Kier molecular flexibility index (Phi) is 4.38. The van der Waals surface area contributed by atoms with Gasteiger partial charge in [0.05, 0.1) is 10.2 Å². The number of rotatable bonds is 5. The van der Waals surface area contributed by atoms with Crippen molar-refractivity contribution in [2.75, 3.05) is 0 Å². The molecule has 1 heterocycles. The third-order valence-corrected chi connectivity index (χ3v) is 6.06. The zero-order valence-corrected chi connectivity index (χ0v) is 14.4. The molecule has 0 saturated heterocycles. The summed E-state index contributed by atoms with van der Waals surface area (Å²) in [5, 5.41) is 7.57. The molecule has 1 amide bonds. The van der Waals surface area contributed by atoms with Crippen LogP contribution in [0.2, 0.25) is 0 Å². The summed E-state index contributed by atoms with van der Waals surface area (Å²) in [5.41, 5.74) is 0.964. The van der Waals surface area contributed by atoms with Crippen LogP contribution >= 0.6 is 15.9 Å². The van der Waals surface area contributed by atoms with E-state index >= 15 is 0 Å². The lowest BCUT2D eigenvalue weighted by Crippen LogP contribution is -2.40. The van der Waals surface area contributed by atoms with Crippen molar-refractivity contribution in [1.29, 1.82) is 0 Å². The van der Waals surface area contributed by atoms with Crippen LogP contribution in [0.3, 0.4) is 0 Å². The number of carbonyl (C=O) groups is 1. The number of nitrogens with one attached hydrogen (secondary N) is 1. The van der Waals surface area contributed by atoms with E-state index in [1.165, 1.54) is 25.7 Å². The highest BCUT2D eigenvalue weighted by atomic mass is 79.9. The van der Waals surface area contributed by atoms with Crippen molar-refractivity contribution < 1.29 is 4.79 Å². The Balaban J connectivity index is 1.45. The first kappa shape index (κ1) is 15.1. The monoisotopic (exact) mass is 353 g/mol. The molecule has 0 radical (unpaired) electrons.